The second-order valence-corrected chi connectivity index (χ2v) is 5.47. The van der Waals surface area contributed by atoms with Crippen molar-refractivity contribution in [3.8, 4) is 0 Å². The van der Waals surface area contributed by atoms with Crippen LogP contribution >= 0.6 is 22.9 Å². The maximum Gasteiger partial charge on any atom is 0.0931 e. The number of aliphatic hydroxyl groups excluding tert-OH is 1. The summed E-state index contributed by atoms with van der Waals surface area (Å²) in [4.78, 5) is 0.885. The van der Waals surface area contributed by atoms with Crippen molar-refractivity contribution in [2.45, 2.75) is 6.10 Å². The molecule has 1 aromatic heterocycles. The van der Waals surface area contributed by atoms with Crippen molar-refractivity contribution in [3.05, 3.63) is 81.5 Å². The zero-order valence-electron chi connectivity index (χ0n) is 10.0. The topological polar surface area (TPSA) is 20.2 Å². The molecule has 3 aromatic rings. The third-order valence-corrected chi connectivity index (χ3v) is 3.71. The summed E-state index contributed by atoms with van der Waals surface area (Å²) in [5.41, 5.74) is 0.915. The molecule has 1 nitrogen and oxygen atoms in total. The quantitative estimate of drug-likeness (QED) is 0.537. The maximum absolute atomic E-state index is 9.85. The number of rotatable bonds is 2. The van der Waals surface area contributed by atoms with E-state index in [1.165, 1.54) is 11.3 Å². The van der Waals surface area contributed by atoms with Crippen LogP contribution in [-0.4, -0.2) is 5.11 Å². The number of halogens is 1. The molecule has 0 spiro atoms. The van der Waals surface area contributed by atoms with Crippen LogP contribution in [0.3, 0.4) is 0 Å². The Balaban J connectivity index is 0.000000256. The summed E-state index contributed by atoms with van der Waals surface area (Å²) in [7, 11) is 0. The van der Waals surface area contributed by atoms with Crippen LogP contribution in [0.15, 0.2) is 66.7 Å². The minimum Gasteiger partial charge on any atom is -0.747 e. The van der Waals surface area contributed by atoms with E-state index in [1.807, 2.05) is 60.7 Å². The minimum absolute atomic E-state index is 0. The molecule has 1 unspecified atom stereocenters. The van der Waals surface area contributed by atoms with Crippen LogP contribution in [0.2, 0.25) is 4.34 Å². The Morgan fingerprint density at radius 1 is 1.16 bits per heavy atom. The molecular weight excluding hydrogens is 320 g/mol. The van der Waals surface area contributed by atoms with Crippen molar-refractivity contribution < 1.29 is 22.2 Å². The Labute approximate surface area is 132 Å². The van der Waals surface area contributed by atoms with Crippen LogP contribution in [0.25, 0.3) is 0 Å². The normalized spacial score (nSPS) is 11.1. The van der Waals surface area contributed by atoms with Crippen LogP contribution in [0, 0.1) is 0 Å². The van der Waals surface area contributed by atoms with E-state index in [1.54, 1.807) is 6.07 Å². The molecule has 0 bridgehead atoms. The van der Waals surface area contributed by atoms with Crippen molar-refractivity contribution in [2.75, 3.05) is 0 Å². The van der Waals surface area contributed by atoms with Gasteiger partial charge >= 0.3 is 0 Å². The molecule has 4 heteroatoms. The van der Waals surface area contributed by atoms with Crippen LogP contribution in [-0.2, 0) is 17.1 Å². The third-order valence-electron chi connectivity index (χ3n) is 2.42. The molecule has 0 fully saturated rings. The summed E-state index contributed by atoms with van der Waals surface area (Å²) in [5.74, 6) is 0. The molecule has 1 atom stereocenters. The molecule has 0 saturated carbocycles. The Kier molecular flexibility index (Phi) is 7.14. The van der Waals surface area contributed by atoms with Gasteiger partial charge in [-0.25, -0.2) is 12.1 Å². The van der Waals surface area contributed by atoms with E-state index in [-0.39, 0.29) is 17.1 Å². The van der Waals surface area contributed by atoms with E-state index in [0.29, 0.717) is 4.34 Å². The van der Waals surface area contributed by atoms with Crippen LogP contribution in [0.1, 0.15) is 16.5 Å². The van der Waals surface area contributed by atoms with Gasteiger partial charge in [-0.2, -0.15) is 18.2 Å². The van der Waals surface area contributed by atoms with Gasteiger partial charge in [-0.05, 0) is 12.1 Å². The van der Waals surface area contributed by atoms with Crippen molar-refractivity contribution in [3.63, 3.8) is 0 Å². The van der Waals surface area contributed by atoms with Crippen molar-refractivity contribution in [1.82, 2.24) is 0 Å². The number of thiophene rings is 1. The van der Waals surface area contributed by atoms with Gasteiger partial charge in [-0.3, -0.25) is 0 Å². The van der Waals surface area contributed by atoms with E-state index in [0.717, 1.165) is 10.4 Å². The van der Waals surface area contributed by atoms with Crippen LogP contribution < -0.4 is 0 Å². The first-order chi connectivity index (χ1) is 8.77. The Hall–Kier alpha value is -0.831. The average molecular weight is 333 g/mol. The fourth-order valence-electron chi connectivity index (χ4n) is 1.53. The van der Waals surface area contributed by atoms with E-state index < -0.39 is 6.10 Å². The van der Waals surface area contributed by atoms with Gasteiger partial charge < -0.3 is 34.9 Å². The summed E-state index contributed by atoms with van der Waals surface area (Å²) >= 11 is 7.18. The predicted molar refractivity (Wildman–Crippen MR) is 77.5 cm³/mol. The minimum atomic E-state index is -0.535. The van der Waals surface area contributed by atoms with Crippen molar-refractivity contribution in [1.29, 1.82) is 0 Å². The molecule has 0 aliphatic heterocycles. The smallest absolute Gasteiger partial charge is 0.0931 e. The Bertz CT molecular complexity index is 525. The number of hydrogen-bond acceptors (Lipinski definition) is 2. The predicted octanol–water partition coefficient (Wildman–Crippen LogP) is 4.61. The molecule has 0 radical (unpaired) electrons. The first-order valence-corrected chi connectivity index (χ1v) is 6.78. The molecule has 2 aromatic carbocycles. The monoisotopic (exact) mass is 332 g/mol. The summed E-state index contributed by atoms with van der Waals surface area (Å²) in [6.45, 7) is 0. The SMILES string of the molecule is OC(c1ccc(Cl)s1)[c-]1[cH-][cH-][cH-][cH-]1.[Fe].c1cc[cH-]c1. The molecule has 0 aliphatic rings. The molecule has 1 heterocycles. The molecule has 19 heavy (non-hydrogen) atoms. The summed E-state index contributed by atoms with van der Waals surface area (Å²) in [6.07, 6.45) is -0.535. The second kappa shape index (κ2) is 8.36. The fourth-order valence-corrected chi connectivity index (χ4v) is 2.61. The molecule has 0 aliphatic carbocycles. The van der Waals surface area contributed by atoms with Gasteiger partial charge in [-0.1, -0.05) is 17.7 Å². The van der Waals surface area contributed by atoms with Gasteiger partial charge in [0.15, 0.2) is 0 Å². The van der Waals surface area contributed by atoms with Gasteiger partial charge in [0.2, 0.25) is 0 Å². The van der Waals surface area contributed by atoms with Gasteiger partial charge in [0.25, 0.3) is 0 Å². The fraction of sp³-hybridized carbons (Fsp3) is 0.0667. The van der Waals surface area contributed by atoms with Crippen molar-refractivity contribution in [2.24, 2.45) is 0 Å². The zero-order valence-corrected chi connectivity index (χ0v) is 12.7. The standard InChI is InChI=1S/C10H8ClOS.C5H5.Fe/c11-9-6-5-8(13-9)10(12)7-3-1-2-4-7;1-2-4-5-3-1;/h1-6,10,12H;1-5H;/q-5;-1;. The molecule has 1 N–H and O–H groups in total. The van der Waals surface area contributed by atoms with E-state index >= 15 is 0 Å². The number of hydrogen-bond donors (Lipinski definition) is 1. The molecular formula is C15H13ClFeOS-6. The van der Waals surface area contributed by atoms with Gasteiger partial charge in [0.1, 0.15) is 0 Å². The maximum atomic E-state index is 9.85. The molecule has 3 rings (SSSR count). The summed E-state index contributed by atoms with van der Waals surface area (Å²) in [5, 5.41) is 9.85. The van der Waals surface area contributed by atoms with Crippen molar-refractivity contribution >= 4 is 22.9 Å². The van der Waals surface area contributed by atoms with Crippen LogP contribution in [0.5, 0.6) is 0 Å². The van der Waals surface area contributed by atoms with E-state index in [9.17, 15) is 5.11 Å². The average Bonchev–Trinajstić information content (AvgIpc) is 3.13. The summed E-state index contributed by atoms with van der Waals surface area (Å²) in [6, 6.07) is 21.3. The zero-order chi connectivity index (χ0) is 12.8. The van der Waals surface area contributed by atoms with Gasteiger partial charge in [-0.15, -0.1) is 11.3 Å². The van der Waals surface area contributed by atoms with Gasteiger partial charge in [0, 0.05) is 21.9 Å². The van der Waals surface area contributed by atoms with Gasteiger partial charge in [0.05, 0.1) is 4.34 Å². The second-order valence-electron chi connectivity index (χ2n) is 3.72. The first kappa shape index (κ1) is 16.2. The van der Waals surface area contributed by atoms with E-state index in [2.05, 4.69) is 0 Å². The summed E-state index contributed by atoms with van der Waals surface area (Å²) < 4.78 is 0.709. The molecule has 0 amide bonds. The molecule has 106 valence electrons. The van der Waals surface area contributed by atoms with Crippen LogP contribution in [0.4, 0.5) is 0 Å². The Morgan fingerprint density at radius 3 is 2.21 bits per heavy atom. The first-order valence-electron chi connectivity index (χ1n) is 5.59. The van der Waals surface area contributed by atoms with E-state index in [4.69, 9.17) is 11.6 Å². The Morgan fingerprint density at radius 2 is 1.79 bits per heavy atom. The third kappa shape index (κ3) is 4.98. The molecule has 0 saturated heterocycles. The largest absolute Gasteiger partial charge is 0.747 e. The number of aliphatic hydroxyl groups is 1.